The number of benzene rings is 2. The number of aryl methyl sites for hydroxylation is 3. The van der Waals surface area contributed by atoms with Crippen molar-refractivity contribution in [1.82, 2.24) is 5.32 Å². The first-order valence-corrected chi connectivity index (χ1v) is 11.4. The Morgan fingerprint density at radius 3 is 2.19 bits per heavy atom. The van der Waals surface area contributed by atoms with Crippen LogP contribution in [0.2, 0.25) is 0 Å². The molecule has 0 atom stereocenters. The number of hydrogen-bond donors (Lipinski definition) is 1. The van der Waals surface area contributed by atoms with E-state index in [4.69, 9.17) is 4.42 Å². The monoisotopic (exact) mass is 465 g/mol. The highest BCUT2D eigenvalue weighted by Gasteiger charge is 2.30. The summed E-state index contributed by atoms with van der Waals surface area (Å²) < 4.78 is 68.9. The maximum absolute atomic E-state index is 12.8. The summed E-state index contributed by atoms with van der Waals surface area (Å²) in [5.74, 6) is -0.972. The lowest BCUT2D eigenvalue weighted by Crippen LogP contribution is -2.22. The van der Waals surface area contributed by atoms with Gasteiger partial charge in [0.05, 0.1) is 10.5 Å². The molecule has 3 rings (SSSR count). The van der Waals surface area contributed by atoms with Gasteiger partial charge in [0.15, 0.2) is 15.6 Å². The van der Waals surface area contributed by atoms with Gasteiger partial charge in [0.25, 0.3) is 5.91 Å². The smallest absolute Gasteiger partial charge is 0.416 e. The fraction of sp³-hybridized carbons (Fsp3) is 0.261. The second-order valence-corrected chi connectivity index (χ2v) is 9.56. The quantitative estimate of drug-likeness (QED) is 0.548. The summed E-state index contributed by atoms with van der Waals surface area (Å²) in [4.78, 5) is 12.5. The zero-order chi connectivity index (χ0) is 23.7. The van der Waals surface area contributed by atoms with Crippen molar-refractivity contribution in [1.29, 1.82) is 0 Å². The molecule has 1 heterocycles. The number of alkyl halides is 3. The lowest BCUT2D eigenvalue weighted by atomic mass is 10.1. The van der Waals surface area contributed by atoms with E-state index >= 15 is 0 Å². The molecule has 1 amide bonds. The summed E-state index contributed by atoms with van der Waals surface area (Å²) in [5.41, 5.74) is 2.19. The highest BCUT2D eigenvalue weighted by atomic mass is 32.2. The van der Waals surface area contributed by atoms with E-state index in [2.05, 4.69) is 5.32 Å². The molecule has 0 unspecified atom stereocenters. The van der Waals surface area contributed by atoms with E-state index in [-0.39, 0.29) is 23.0 Å². The van der Waals surface area contributed by atoms with Gasteiger partial charge < -0.3 is 9.73 Å². The Labute approximate surface area is 184 Å². The molecule has 5 nitrogen and oxygen atoms in total. The summed E-state index contributed by atoms with van der Waals surface area (Å²) in [6.45, 7) is 5.45. The predicted molar refractivity (Wildman–Crippen MR) is 113 cm³/mol. The van der Waals surface area contributed by atoms with Crippen LogP contribution in [0.25, 0.3) is 0 Å². The highest BCUT2D eigenvalue weighted by molar-refractivity contribution is 7.90. The zero-order valence-electron chi connectivity index (χ0n) is 17.7. The Morgan fingerprint density at radius 2 is 1.56 bits per heavy atom. The number of sulfone groups is 1. The summed E-state index contributed by atoms with van der Waals surface area (Å²) in [6, 6.07) is 10.6. The van der Waals surface area contributed by atoms with E-state index in [0.717, 1.165) is 23.3 Å². The number of carbonyl (C=O) groups excluding carboxylic acids is 1. The van der Waals surface area contributed by atoms with Crippen LogP contribution in [0.5, 0.6) is 0 Å². The Kier molecular flexibility index (Phi) is 6.50. The SMILES string of the molecule is Cc1cc(C)c(S(=O)(=O)Cc2ccc(C(=O)NCc3ccc(C(F)(F)F)cc3)o2)cc1C. The Morgan fingerprint density at radius 1 is 0.938 bits per heavy atom. The van der Waals surface area contributed by atoms with Crippen molar-refractivity contribution in [2.45, 2.75) is 44.1 Å². The van der Waals surface area contributed by atoms with Crippen molar-refractivity contribution in [3.63, 3.8) is 0 Å². The van der Waals surface area contributed by atoms with Gasteiger partial charge in [-0.1, -0.05) is 18.2 Å². The Hall–Kier alpha value is -3.07. The van der Waals surface area contributed by atoms with E-state index < -0.39 is 33.2 Å². The van der Waals surface area contributed by atoms with Crippen LogP contribution in [0.15, 0.2) is 57.8 Å². The minimum absolute atomic E-state index is 0.00681. The Bertz CT molecular complexity index is 1240. The third-order valence-corrected chi connectivity index (χ3v) is 6.85. The van der Waals surface area contributed by atoms with Gasteiger partial charge in [0.1, 0.15) is 11.5 Å². The summed E-state index contributed by atoms with van der Waals surface area (Å²) >= 11 is 0. The number of rotatable bonds is 6. The number of halogens is 3. The number of furan rings is 1. The van der Waals surface area contributed by atoms with Gasteiger partial charge in [-0.05, 0) is 73.4 Å². The predicted octanol–water partition coefficient (Wildman–Crippen LogP) is 5.13. The molecule has 0 aliphatic rings. The molecular formula is C23H22F3NO4S. The second kappa shape index (κ2) is 8.82. The van der Waals surface area contributed by atoms with Crippen LogP contribution in [0.1, 0.15) is 44.1 Å². The van der Waals surface area contributed by atoms with Crippen LogP contribution < -0.4 is 5.32 Å². The molecule has 3 aromatic rings. The van der Waals surface area contributed by atoms with Gasteiger partial charge in [-0.2, -0.15) is 13.2 Å². The maximum Gasteiger partial charge on any atom is 0.416 e. The van der Waals surface area contributed by atoms with Gasteiger partial charge in [-0.3, -0.25) is 4.79 Å². The van der Waals surface area contributed by atoms with Crippen LogP contribution in [-0.4, -0.2) is 14.3 Å². The lowest BCUT2D eigenvalue weighted by molar-refractivity contribution is -0.137. The first-order chi connectivity index (χ1) is 14.9. The van der Waals surface area contributed by atoms with Crippen molar-refractivity contribution in [2.75, 3.05) is 0 Å². The van der Waals surface area contributed by atoms with E-state index in [9.17, 15) is 26.4 Å². The molecule has 1 aromatic heterocycles. The molecule has 0 radical (unpaired) electrons. The fourth-order valence-electron chi connectivity index (χ4n) is 3.19. The van der Waals surface area contributed by atoms with Crippen molar-refractivity contribution in [2.24, 2.45) is 0 Å². The second-order valence-electron chi connectivity index (χ2n) is 7.60. The normalized spacial score (nSPS) is 12.1. The first-order valence-electron chi connectivity index (χ1n) is 9.70. The van der Waals surface area contributed by atoms with Gasteiger partial charge in [-0.25, -0.2) is 8.42 Å². The van der Waals surface area contributed by atoms with Crippen LogP contribution in [-0.2, 0) is 28.3 Å². The average molecular weight is 465 g/mol. The van der Waals surface area contributed by atoms with Crippen molar-refractivity contribution >= 4 is 15.7 Å². The van der Waals surface area contributed by atoms with Gasteiger partial charge in [0.2, 0.25) is 0 Å². The fourth-order valence-corrected chi connectivity index (χ4v) is 4.78. The van der Waals surface area contributed by atoms with E-state index in [1.807, 2.05) is 19.9 Å². The maximum atomic E-state index is 12.8. The zero-order valence-corrected chi connectivity index (χ0v) is 18.5. The molecule has 0 spiro atoms. The molecule has 9 heteroatoms. The molecular weight excluding hydrogens is 443 g/mol. The van der Waals surface area contributed by atoms with Crippen LogP contribution in [0.4, 0.5) is 13.2 Å². The number of carbonyl (C=O) groups is 1. The van der Waals surface area contributed by atoms with Crippen molar-refractivity contribution in [3.05, 3.63) is 87.9 Å². The van der Waals surface area contributed by atoms with E-state index in [0.29, 0.717) is 11.1 Å². The largest absolute Gasteiger partial charge is 0.455 e. The third kappa shape index (κ3) is 5.40. The third-order valence-electron chi connectivity index (χ3n) is 5.08. The number of nitrogens with one attached hydrogen (secondary N) is 1. The molecule has 0 aliphatic heterocycles. The van der Waals surface area contributed by atoms with Crippen LogP contribution >= 0.6 is 0 Å². The molecule has 0 aliphatic carbocycles. The molecule has 0 fully saturated rings. The molecule has 170 valence electrons. The molecule has 0 saturated heterocycles. The summed E-state index contributed by atoms with van der Waals surface area (Å²) in [7, 11) is -3.68. The molecule has 32 heavy (non-hydrogen) atoms. The molecule has 1 N–H and O–H groups in total. The van der Waals surface area contributed by atoms with Crippen molar-refractivity contribution < 1.29 is 30.8 Å². The molecule has 0 saturated carbocycles. The van der Waals surface area contributed by atoms with Crippen LogP contribution in [0, 0.1) is 20.8 Å². The van der Waals surface area contributed by atoms with Crippen molar-refractivity contribution in [3.8, 4) is 0 Å². The summed E-state index contributed by atoms with van der Waals surface area (Å²) in [6.07, 6.45) is -4.43. The van der Waals surface area contributed by atoms with Gasteiger partial charge in [0, 0.05) is 6.54 Å². The lowest BCUT2D eigenvalue weighted by Gasteiger charge is -2.10. The Balaban J connectivity index is 1.66. The number of amides is 1. The first kappa shape index (κ1) is 23.6. The van der Waals surface area contributed by atoms with E-state index in [1.54, 1.807) is 13.0 Å². The minimum Gasteiger partial charge on any atom is -0.455 e. The molecule has 2 aromatic carbocycles. The summed E-state index contributed by atoms with van der Waals surface area (Å²) in [5, 5.41) is 2.54. The topological polar surface area (TPSA) is 76.4 Å². The standard InChI is InChI=1S/C23H22F3NO4S/c1-14-10-16(3)21(11-15(14)2)32(29,30)13-19-8-9-20(31-19)22(28)27-12-17-4-6-18(7-5-17)23(24,25)26/h4-11H,12-13H2,1-3H3,(H,27,28). The molecule has 0 bridgehead atoms. The van der Waals surface area contributed by atoms with Gasteiger partial charge >= 0.3 is 6.18 Å². The van der Waals surface area contributed by atoms with Gasteiger partial charge in [-0.15, -0.1) is 0 Å². The minimum atomic E-state index is -4.43. The van der Waals surface area contributed by atoms with E-state index in [1.165, 1.54) is 24.3 Å². The number of hydrogen-bond acceptors (Lipinski definition) is 4. The average Bonchev–Trinajstić information content (AvgIpc) is 3.16. The van der Waals surface area contributed by atoms with Crippen LogP contribution in [0.3, 0.4) is 0 Å². The highest BCUT2D eigenvalue weighted by Crippen LogP contribution is 2.29.